The molecule has 0 aromatic heterocycles. The van der Waals surface area contributed by atoms with Crippen LogP contribution in [0.2, 0.25) is 0 Å². The van der Waals surface area contributed by atoms with Crippen molar-refractivity contribution in [1.82, 2.24) is 4.90 Å². The van der Waals surface area contributed by atoms with Crippen LogP contribution in [-0.4, -0.2) is 36.4 Å². The number of hydrogen-bond acceptors (Lipinski definition) is 3. The van der Waals surface area contributed by atoms with Gasteiger partial charge in [0.15, 0.2) is 0 Å². The summed E-state index contributed by atoms with van der Waals surface area (Å²) in [7, 11) is 0. The van der Waals surface area contributed by atoms with Crippen molar-refractivity contribution in [1.29, 1.82) is 0 Å². The monoisotopic (exact) mass is 238 g/mol. The molecule has 0 amide bonds. The molecular weight excluding hydrogens is 212 g/mol. The predicted octanol–water partition coefficient (Wildman–Crippen LogP) is 3.07. The molecule has 1 aliphatic heterocycles. The first-order chi connectivity index (χ1) is 7.78. The lowest BCUT2D eigenvalue weighted by Crippen LogP contribution is -2.52. The molecule has 1 saturated heterocycles. The fraction of sp³-hybridized carbons (Fsp3) is 0.786. The zero-order chi connectivity index (χ0) is 13.2. The van der Waals surface area contributed by atoms with Crippen molar-refractivity contribution in [2.24, 2.45) is 10.9 Å². The van der Waals surface area contributed by atoms with E-state index in [1.807, 2.05) is 0 Å². The Labute approximate surface area is 106 Å². The highest BCUT2D eigenvalue weighted by Crippen LogP contribution is 2.27. The summed E-state index contributed by atoms with van der Waals surface area (Å²) in [5, 5.41) is 0. The second kappa shape index (κ2) is 5.21. The molecule has 0 bridgehead atoms. The zero-order valence-electron chi connectivity index (χ0n) is 12.1. The molecule has 0 aliphatic carbocycles. The van der Waals surface area contributed by atoms with Crippen LogP contribution in [0.4, 0.5) is 0 Å². The minimum Gasteiger partial charge on any atom is -0.372 e. The Morgan fingerprint density at radius 3 is 2.53 bits per heavy atom. The Morgan fingerprint density at radius 1 is 1.47 bits per heavy atom. The lowest BCUT2D eigenvalue weighted by molar-refractivity contribution is -0.100. The van der Waals surface area contributed by atoms with E-state index < -0.39 is 0 Å². The second-order valence-electron chi connectivity index (χ2n) is 5.87. The van der Waals surface area contributed by atoms with Crippen molar-refractivity contribution in [3.8, 4) is 0 Å². The van der Waals surface area contributed by atoms with Gasteiger partial charge in [-0.05, 0) is 45.9 Å². The molecule has 1 fully saturated rings. The molecule has 0 N–H and O–H groups in total. The molecule has 98 valence electrons. The molecule has 3 heteroatoms. The number of rotatable bonds is 3. The van der Waals surface area contributed by atoms with E-state index in [1.54, 1.807) is 0 Å². The topological polar surface area (TPSA) is 24.8 Å². The van der Waals surface area contributed by atoms with E-state index in [-0.39, 0.29) is 5.60 Å². The van der Waals surface area contributed by atoms with Gasteiger partial charge in [-0.2, -0.15) is 0 Å². The molecule has 1 rings (SSSR count). The summed E-state index contributed by atoms with van der Waals surface area (Å²) in [6, 6.07) is 0.359. The smallest absolute Gasteiger partial charge is 0.127 e. The maximum absolute atomic E-state index is 5.82. The average molecular weight is 238 g/mol. The highest BCUT2D eigenvalue weighted by molar-refractivity contribution is 5.31. The summed E-state index contributed by atoms with van der Waals surface area (Å²) in [5.41, 5.74) is 1.18. The van der Waals surface area contributed by atoms with Crippen molar-refractivity contribution < 1.29 is 4.74 Å². The average Bonchev–Trinajstić information content (AvgIpc) is 2.23. The van der Waals surface area contributed by atoms with Gasteiger partial charge in [-0.3, -0.25) is 0 Å². The van der Waals surface area contributed by atoms with Gasteiger partial charge in [-0.15, -0.1) is 0 Å². The first-order valence-corrected chi connectivity index (χ1v) is 6.36. The first kappa shape index (κ1) is 14.2. The highest BCUT2D eigenvalue weighted by Gasteiger charge is 2.33. The number of morpholine rings is 1. The third kappa shape index (κ3) is 3.32. The number of aliphatic imine (C=N–C) groups is 1. The van der Waals surface area contributed by atoms with Crippen molar-refractivity contribution in [2.45, 2.75) is 53.2 Å². The maximum Gasteiger partial charge on any atom is 0.127 e. The zero-order valence-corrected chi connectivity index (χ0v) is 12.1. The summed E-state index contributed by atoms with van der Waals surface area (Å²) < 4.78 is 5.82. The van der Waals surface area contributed by atoms with Gasteiger partial charge in [-0.1, -0.05) is 13.8 Å². The van der Waals surface area contributed by atoms with Gasteiger partial charge < -0.3 is 9.64 Å². The summed E-state index contributed by atoms with van der Waals surface area (Å²) in [5.74, 6) is 1.53. The van der Waals surface area contributed by atoms with Crippen LogP contribution in [0.3, 0.4) is 0 Å². The minimum absolute atomic E-state index is 0.111. The van der Waals surface area contributed by atoms with Crippen LogP contribution in [0.5, 0.6) is 0 Å². The quantitative estimate of drug-likeness (QED) is 0.706. The van der Waals surface area contributed by atoms with Crippen LogP contribution in [0.15, 0.2) is 16.4 Å². The van der Waals surface area contributed by atoms with E-state index in [2.05, 4.69) is 58.2 Å². The van der Waals surface area contributed by atoms with E-state index in [0.29, 0.717) is 12.0 Å². The molecule has 0 unspecified atom stereocenters. The number of ether oxygens (including phenoxy) is 1. The number of nitrogens with zero attached hydrogens (tertiary/aromatic N) is 2. The van der Waals surface area contributed by atoms with E-state index in [0.717, 1.165) is 19.0 Å². The Kier molecular flexibility index (Phi) is 4.36. The molecule has 1 heterocycles. The molecule has 0 aromatic rings. The van der Waals surface area contributed by atoms with Gasteiger partial charge in [0, 0.05) is 6.54 Å². The summed E-state index contributed by atoms with van der Waals surface area (Å²) in [6.45, 7) is 18.3. The van der Waals surface area contributed by atoms with Crippen molar-refractivity contribution >= 4 is 6.72 Å². The van der Waals surface area contributed by atoms with Gasteiger partial charge in [0.05, 0.1) is 18.2 Å². The van der Waals surface area contributed by atoms with E-state index in [1.165, 1.54) is 5.57 Å². The lowest BCUT2D eigenvalue weighted by Gasteiger charge is -2.44. The Bertz CT molecular complexity index is 318. The summed E-state index contributed by atoms with van der Waals surface area (Å²) in [4.78, 5) is 6.57. The molecule has 0 saturated carbocycles. The fourth-order valence-corrected chi connectivity index (χ4v) is 2.03. The summed E-state index contributed by atoms with van der Waals surface area (Å²) >= 11 is 0. The van der Waals surface area contributed by atoms with Gasteiger partial charge in [0.25, 0.3) is 0 Å². The molecular formula is C14H26N2O. The summed E-state index contributed by atoms with van der Waals surface area (Å²) in [6.07, 6.45) is 0. The Balaban J connectivity index is 3.02. The van der Waals surface area contributed by atoms with Crippen molar-refractivity contribution in [2.75, 3.05) is 13.2 Å². The third-order valence-electron chi connectivity index (χ3n) is 3.44. The molecule has 3 nitrogen and oxygen atoms in total. The van der Waals surface area contributed by atoms with Gasteiger partial charge >= 0.3 is 0 Å². The van der Waals surface area contributed by atoms with Crippen molar-refractivity contribution in [3.05, 3.63) is 11.4 Å². The van der Waals surface area contributed by atoms with Crippen molar-refractivity contribution in [3.63, 3.8) is 0 Å². The Morgan fingerprint density at radius 2 is 2.06 bits per heavy atom. The van der Waals surface area contributed by atoms with Crippen LogP contribution in [0.25, 0.3) is 0 Å². The molecule has 1 atom stereocenters. The lowest BCUT2D eigenvalue weighted by atomic mass is 10.0. The van der Waals surface area contributed by atoms with E-state index in [4.69, 9.17) is 4.74 Å². The molecule has 0 aromatic carbocycles. The normalized spacial score (nSPS) is 25.8. The van der Waals surface area contributed by atoms with Crippen LogP contribution in [-0.2, 0) is 4.74 Å². The minimum atomic E-state index is -0.111. The standard InChI is InChI=1S/C14H26N2O/c1-10(2)12(4)13(15-7)16-9-14(5,6)17-8-11(16)3/h10-11H,7-9H2,1-6H3/b13-12-/t11-/m0/s1. The van der Waals surface area contributed by atoms with E-state index in [9.17, 15) is 0 Å². The molecule has 0 spiro atoms. The van der Waals surface area contributed by atoms with Gasteiger partial charge in [-0.25, -0.2) is 4.99 Å². The SMILES string of the molecule is C=N/C(=C(\C)C(C)C)N1CC(C)(C)OC[C@@H]1C. The maximum atomic E-state index is 5.82. The fourth-order valence-electron chi connectivity index (χ4n) is 2.03. The molecule has 17 heavy (non-hydrogen) atoms. The molecule has 1 aliphatic rings. The van der Waals surface area contributed by atoms with Crippen LogP contribution >= 0.6 is 0 Å². The molecule has 0 radical (unpaired) electrons. The number of allylic oxidation sites excluding steroid dienone is 1. The number of hydrogen-bond donors (Lipinski definition) is 0. The predicted molar refractivity (Wildman–Crippen MR) is 73.3 cm³/mol. The van der Waals surface area contributed by atoms with Crippen LogP contribution < -0.4 is 0 Å². The Hall–Kier alpha value is -0.830. The third-order valence-corrected chi connectivity index (χ3v) is 3.44. The first-order valence-electron chi connectivity index (χ1n) is 6.36. The van der Waals surface area contributed by atoms with Gasteiger partial charge in [0.1, 0.15) is 5.82 Å². The van der Waals surface area contributed by atoms with Gasteiger partial charge in [0.2, 0.25) is 0 Å². The highest BCUT2D eigenvalue weighted by atomic mass is 16.5. The van der Waals surface area contributed by atoms with Crippen LogP contribution in [0, 0.1) is 5.92 Å². The largest absolute Gasteiger partial charge is 0.372 e. The van der Waals surface area contributed by atoms with Crippen LogP contribution in [0.1, 0.15) is 41.5 Å². The second-order valence-corrected chi connectivity index (χ2v) is 5.87. The van der Waals surface area contributed by atoms with E-state index >= 15 is 0 Å².